The van der Waals surface area contributed by atoms with Gasteiger partial charge in [-0.15, -0.1) is 0 Å². The minimum Gasteiger partial charge on any atom is -0.493 e. The number of hydrogen-bond acceptors (Lipinski definition) is 5. The number of methoxy groups -OCH3 is 2. The summed E-state index contributed by atoms with van der Waals surface area (Å²) in [4.78, 5) is 27.2. The molecule has 0 aliphatic carbocycles. The monoisotopic (exact) mass is 620 g/mol. The van der Waals surface area contributed by atoms with Gasteiger partial charge in [-0.05, 0) is 53.9 Å². The van der Waals surface area contributed by atoms with Crippen molar-refractivity contribution in [2.45, 2.75) is 32.4 Å². The first kappa shape index (κ1) is 28.1. The van der Waals surface area contributed by atoms with E-state index in [2.05, 4.69) is 21.2 Å². The van der Waals surface area contributed by atoms with E-state index in [-0.39, 0.29) is 31.2 Å². The lowest BCUT2D eigenvalue weighted by Crippen LogP contribution is -2.36. The van der Waals surface area contributed by atoms with Gasteiger partial charge >= 0.3 is 0 Å². The minimum absolute atomic E-state index is 0.0622. The number of rotatable bonds is 9. The average molecular weight is 622 g/mol. The smallest absolute Gasteiger partial charge is 0.223 e. The third kappa shape index (κ3) is 6.92. The second-order valence-corrected chi connectivity index (χ2v) is 10.5. The molecule has 0 aromatic heterocycles. The summed E-state index contributed by atoms with van der Waals surface area (Å²) >= 11 is 15.5. The van der Waals surface area contributed by atoms with Gasteiger partial charge in [-0.3, -0.25) is 9.59 Å². The number of hydrogen-bond donors (Lipinski definition) is 1. The fourth-order valence-corrected chi connectivity index (χ4v) is 4.82. The van der Waals surface area contributed by atoms with E-state index in [9.17, 15) is 9.59 Å². The normalized spacial score (nSPS) is 12.5. The summed E-state index contributed by atoms with van der Waals surface area (Å²) in [6.45, 7) is 1.32. The summed E-state index contributed by atoms with van der Waals surface area (Å²) in [5.74, 6) is 2.12. The van der Waals surface area contributed by atoms with Gasteiger partial charge in [0, 0.05) is 48.6 Å². The van der Waals surface area contributed by atoms with E-state index in [1.165, 1.54) is 0 Å². The molecular formula is C28H27BrCl2N2O5. The number of carbonyl (C=O) groups is 2. The summed E-state index contributed by atoms with van der Waals surface area (Å²) in [7, 11) is 3.19. The van der Waals surface area contributed by atoms with Gasteiger partial charge in [-0.25, -0.2) is 0 Å². The molecule has 38 heavy (non-hydrogen) atoms. The van der Waals surface area contributed by atoms with Crippen molar-refractivity contribution in [2.75, 3.05) is 20.8 Å². The van der Waals surface area contributed by atoms with Gasteiger partial charge in [-0.1, -0.05) is 45.2 Å². The van der Waals surface area contributed by atoms with Crippen LogP contribution in [-0.2, 0) is 29.1 Å². The zero-order valence-electron chi connectivity index (χ0n) is 21.0. The molecule has 0 saturated carbocycles. The lowest BCUT2D eigenvalue weighted by molar-refractivity contribution is -0.134. The van der Waals surface area contributed by atoms with E-state index in [0.29, 0.717) is 46.1 Å². The fourth-order valence-electron chi connectivity index (χ4n) is 4.19. The second-order valence-electron chi connectivity index (χ2n) is 8.75. The van der Waals surface area contributed by atoms with Crippen LogP contribution in [0.15, 0.2) is 53.0 Å². The predicted octanol–water partition coefficient (Wildman–Crippen LogP) is 6.55. The number of halogens is 3. The Morgan fingerprint density at radius 3 is 2.37 bits per heavy atom. The standard InChI is InChI=1S/C28H27BrCl2N2O5/c1-36-25-11-17-9-10-33(16-19(17)12-26(25)37-2)28(35)8-7-27(34)32-15-18-3-4-20(29)13-24(18)38-21-5-6-22(30)23(31)14-21/h3-6,11-14H,7-10,15-16H2,1-2H3,(H,32,34). The van der Waals surface area contributed by atoms with Crippen molar-refractivity contribution >= 4 is 50.9 Å². The number of nitrogens with one attached hydrogen (secondary N) is 1. The van der Waals surface area contributed by atoms with E-state index in [0.717, 1.165) is 27.6 Å². The molecule has 0 saturated heterocycles. The lowest BCUT2D eigenvalue weighted by Gasteiger charge is -2.29. The molecule has 3 aromatic carbocycles. The van der Waals surface area contributed by atoms with Crippen LogP contribution in [0.2, 0.25) is 10.0 Å². The number of amides is 2. The zero-order chi connectivity index (χ0) is 27.2. The van der Waals surface area contributed by atoms with Gasteiger partial charge in [0.1, 0.15) is 11.5 Å². The number of carbonyl (C=O) groups excluding carboxylic acids is 2. The Morgan fingerprint density at radius 2 is 1.66 bits per heavy atom. The molecule has 0 bridgehead atoms. The molecule has 3 aromatic rings. The number of fused-ring (bicyclic) bond motifs is 1. The SMILES string of the molecule is COc1cc2c(cc1OC)CN(C(=O)CCC(=O)NCc1ccc(Br)cc1Oc1ccc(Cl)c(Cl)c1)CC2. The van der Waals surface area contributed by atoms with Crippen molar-refractivity contribution in [3.63, 3.8) is 0 Å². The van der Waals surface area contributed by atoms with Gasteiger partial charge < -0.3 is 24.4 Å². The molecule has 1 aliphatic rings. The molecule has 2 amide bonds. The van der Waals surface area contributed by atoms with Crippen LogP contribution in [-0.4, -0.2) is 37.5 Å². The molecule has 0 unspecified atom stereocenters. The molecule has 1 heterocycles. The molecule has 7 nitrogen and oxygen atoms in total. The highest BCUT2D eigenvalue weighted by molar-refractivity contribution is 9.10. The number of nitrogens with zero attached hydrogens (tertiary/aromatic N) is 1. The van der Waals surface area contributed by atoms with E-state index in [1.807, 2.05) is 30.3 Å². The maximum atomic E-state index is 12.9. The Kier molecular flexibility index (Phi) is 9.41. The van der Waals surface area contributed by atoms with E-state index in [1.54, 1.807) is 37.3 Å². The quantitative estimate of drug-likeness (QED) is 0.293. The first-order valence-corrected chi connectivity index (χ1v) is 13.5. The van der Waals surface area contributed by atoms with Crippen molar-refractivity contribution in [1.29, 1.82) is 0 Å². The average Bonchev–Trinajstić information content (AvgIpc) is 2.92. The van der Waals surface area contributed by atoms with E-state index < -0.39 is 0 Å². The lowest BCUT2D eigenvalue weighted by atomic mass is 9.98. The van der Waals surface area contributed by atoms with Crippen molar-refractivity contribution in [3.05, 3.63) is 79.7 Å². The van der Waals surface area contributed by atoms with Crippen LogP contribution >= 0.6 is 39.1 Å². The summed E-state index contributed by atoms with van der Waals surface area (Å²) < 4.78 is 17.6. The maximum absolute atomic E-state index is 12.9. The Bertz CT molecular complexity index is 1350. The number of benzene rings is 3. The molecule has 4 rings (SSSR count). The molecule has 1 N–H and O–H groups in total. The second kappa shape index (κ2) is 12.7. The Balaban J connectivity index is 1.31. The van der Waals surface area contributed by atoms with E-state index >= 15 is 0 Å². The highest BCUT2D eigenvalue weighted by Gasteiger charge is 2.23. The summed E-state index contributed by atoms with van der Waals surface area (Å²) in [6.07, 6.45) is 0.938. The topological polar surface area (TPSA) is 77.1 Å². The molecule has 0 spiro atoms. The van der Waals surface area contributed by atoms with Crippen LogP contribution in [0.25, 0.3) is 0 Å². The molecule has 10 heteroatoms. The third-order valence-electron chi connectivity index (χ3n) is 6.26. The van der Waals surface area contributed by atoms with Gasteiger partial charge in [0.25, 0.3) is 0 Å². The molecule has 1 aliphatic heterocycles. The molecule has 0 radical (unpaired) electrons. The van der Waals surface area contributed by atoms with Crippen LogP contribution < -0.4 is 19.5 Å². The van der Waals surface area contributed by atoms with Gasteiger partial charge in [0.15, 0.2) is 11.5 Å². The van der Waals surface area contributed by atoms with Gasteiger partial charge in [0.2, 0.25) is 11.8 Å². The Morgan fingerprint density at radius 1 is 0.921 bits per heavy atom. The Labute approximate surface area is 240 Å². The molecular weight excluding hydrogens is 595 g/mol. The maximum Gasteiger partial charge on any atom is 0.223 e. The molecule has 0 fully saturated rings. The largest absolute Gasteiger partial charge is 0.493 e. The van der Waals surface area contributed by atoms with Crippen LogP contribution in [0, 0.1) is 0 Å². The first-order chi connectivity index (χ1) is 18.3. The summed E-state index contributed by atoms with van der Waals surface area (Å²) in [5, 5.41) is 3.70. The van der Waals surface area contributed by atoms with Crippen molar-refractivity contribution < 1.29 is 23.8 Å². The summed E-state index contributed by atoms with van der Waals surface area (Å²) in [5.41, 5.74) is 2.94. The molecule has 0 atom stereocenters. The Hall–Kier alpha value is -2.94. The van der Waals surface area contributed by atoms with Crippen molar-refractivity contribution in [3.8, 4) is 23.0 Å². The highest BCUT2D eigenvalue weighted by atomic mass is 79.9. The highest BCUT2D eigenvalue weighted by Crippen LogP contribution is 2.34. The minimum atomic E-state index is -0.217. The van der Waals surface area contributed by atoms with Crippen molar-refractivity contribution in [2.24, 2.45) is 0 Å². The fraction of sp³-hybridized carbons (Fsp3) is 0.286. The van der Waals surface area contributed by atoms with Crippen LogP contribution in [0.3, 0.4) is 0 Å². The van der Waals surface area contributed by atoms with Crippen LogP contribution in [0.1, 0.15) is 29.5 Å². The van der Waals surface area contributed by atoms with Crippen LogP contribution in [0.4, 0.5) is 0 Å². The molecule has 200 valence electrons. The zero-order valence-corrected chi connectivity index (χ0v) is 24.1. The first-order valence-electron chi connectivity index (χ1n) is 12.0. The summed E-state index contributed by atoms with van der Waals surface area (Å²) in [6, 6.07) is 14.4. The predicted molar refractivity (Wildman–Crippen MR) is 150 cm³/mol. The van der Waals surface area contributed by atoms with Gasteiger partial charge in [0.05, 0.1) is 24.3 Å². The number of ether oxygens (including phenoxy) is 3. The van der Waals surface area contributed by atoms with E-state index in [4.69, 9.17) is 37.4 Å². The van der Waals surface area contributed by atoms with Gasteiger partial charge in [-0.2, -0.15) is 0 Å². The van der Waals surface area contributed by atoms with Crippen LogP contribution in [0.5, 0.6) is 23.0 Å². The van der Waals surface area contributed by atoms with Crippen molar-refractivity contribution in [1.82, 2.24) is 10.2 Å². The third-order valence-corrected chi connectivity index (χ3v) is 7.49.